The summed E-state index contributed by atoms with van der Waals surface area (Å²) in [7, 11) is 1.25. The lowest BCUT2D eigenvalue weighted by Crippen LogP contribution is -2.28. The van der Waals surface area contributed by atoms with Crippen molar-refractivity contribution in [3.05, 3.63) is 33.9 Å². The van der Waals surface area contributed by atoms with Crippen LogP contribution in [0.15, 0.2) is 18.2 Å². The van der Waals surface area contributed by atoms with Crippen LogP contribution in [-0.4, -0.2) is 49.1 Å². The van der Waals surface area contributed by atoms with Crippen molar-refractivity contribution >= 4 is 11.7 Å². The molecule has 1 aromatic rings. The van der Waals surface area contributed by atoms with Gasteiger partial charge in [-0.25, -0.2) is 4.79 Å². The SMILES string of the molecule is CCN(CC)CCOc1cc([N+](=O)[O-])ccc1C(=O)OC. The van der Waals surface area contributed by atoms with Gasteiger partial charge >= 0.3 is 5.97 Å². The highest BCUT2D eigenvalue weighted by Crippen LogP contribution is 2.25. The fourth-order valence-electron chi connectivity index (χ4n) is 1.85. The molecule has 0 atom stereocenters. The fourth-order valence-corrected chi connectivity index (χ4v) is 1.85. The van der Waals surface area contributed by atoms with Gasteiger partial charge in [-0.2, -0.15) is 0 Å². The molecule has 0 aliphatic rings. The smallest absolute Gasteiger partial charge is 0.341 e. The van der Waals surface area contributed by atoms with Gasteiger partial charge in [-0.15, -0.1) is 0 Å². The average molecular weight is 296 g/mol. The molecule has 1 rings (SSSR count). The molecule has 116 valence electrons. The Morgan fingerprint density at radius 2 is 2.00 bits per heavy atom. The lowest BCUT2D eigenvalue weighted by molar-refractivity contribution is -0.384. The number of methoxy groups -OCH3 is 1. The first-order valence-electron chi connectivity index (χ1n) is 6.75. The van der Waals surface area contributed by atoms with Gasteiger partial charge in [0.25, 0.3) is 5.69 Å². The molecule has 0 fully saturated rings. The first-order chi connectivity index (χ1) is 10.0. The normalized spacial score (nSPS) is 10.5. The Hall–Kier alpha value is -2.15. The van der Waals surface area contributed by atoms with Crippen molar-refractivity contribution in [2.45, 2.75) is 13.8 Å². The van der Waals surface area contributed by atoms with Gasteiger partial charge in [0, 0.05) is 12.6 Å². The summed E-state index contributed by atoms with van der Waals surface area (Å²) < 4.78 is 10.2. The maximum atomic E-state index is 11.6. The van der Waals surface area contributed by atoms with E-state index in [-0.39, 0.29) is 17.0 Å². The van der Waals surface area contributed by atoms with E-state index in [1.807, 2.05) is 13.8 Å². The molecule has 0 saturated carbocycles. The fraction of sp³-hybridized carbons (Fsp3) is 0.500. The molecule has 0 aliphatic carbocycles. The lowest BCUT2D eigenvalue weighted by atomic mass is 10.2. The van der Waals surface area contributed by atoms with E-state index in [1.54, 1.807) is 0 Å². The maximum Gasteiger partial charge on any atom is 0.341 e. The summed E-state index contributed by atoms with van der Waals surface area (Å²) in [5.41, 5.74) is 0.0585. The lowest BCUT2D eigenvalue weighted by Gasteiger charge is -2.18. The number of esters is 1. The van der Waals surface area contributed by atoms with Gasteiger partial charge in [0.2, 0.25) is 0 Å². The minimum Gasteiger partial charge on any atom is -0.491 e. The highest BCUT2D eigenvalue weighted by atomic mass is 16.6. The summed E-state index contributed by atoms with van der Waals surface area (Å²) in [6.07, 6.45) is 0. The van der Waals surface area contributed by atoms with Gasteiger partial charge in [-0.1, -0.05) is 13.8 Å². The zero-order valence-corrected chi connectivity index (χ0v) is 12.5. The maximum absolute atomic E-state index is 11.6. The number of rotatable bonds is 8. The average Bonchev–Trinajstić information content (AvgIpc) is 2.50. The van der Waals surface area contributed by atoms with Crippen molar-refractivity contribution in [3.63, 3.8) is 0 Å². The van der Waals surface area contributed by atoms with Crippen LogP contribution in [0.2, 0.25) is 0 Å². The Kier molecular flexibility index (Phi) is 6.61. The van der Waals surface area contributed by atoms with Crippen molar-refractivity contribution in [3.8, 4) is 5.75 Å². The number of likely N-dealkylation sites (N-methyl/N-ethyl adjacent to an activating group) is 1. The van der Waals surface area contributed by atoms with E-state index >= 15 is 0 Å². The molecular formula is C14H20N2O5. The van der Waals surface area contributed by atoms with Crippen LogP contribution >= 0.6 is 0 Å². The van der Waals surface area contributed by atoms with Crippen molar-refractivity contribution in [1.29, 1.82) is 0 Å². The molecule has 0 aromatic heterocycles. The van der Waals surface area contributed by atoms with Crippen LogP contribution in [0.5, 0.6) is 5.75 Å². The van der Waals surface area contributed by atoms with Crippen LogP contribution in [0.4, 0.5) is 5.69 Å². The number of carbonyl (C=O) groups is 1. The topological polar surface area (TPSA) is 81.9 Å². The Bertz CT molecular complexity index is 500. The van der Waals surface area contributed by atoms with Gasteiger partial charge < -0.3 is 14.4 Å². The van der Waals surface area contributed by atoms with Crippen LogP contribution in [-0.2, 0) is 4.74 Å². The number of nitro benzene ring substituents is 1. The largest absolute Gasteiger partial charge is 0.491 e. The van der Waals surface area contributed by atoms with Crippen molar-refractivity contribution in [2.24, 2.45) is 0 Å². The van der Waals surface area contributed by atoms with E-state index < -0.39 is 10.9 Å². The van der Waals surface area contributed by atoms with Gasteiger partial charge in [0.15, 0.2) is 0 Å². The van der Waals surface area contributed by atoms with Crippen molar-refractivity contribution in [1.82, 2.24) is 4.90 Å². The van der Waals surface area contributed by atoms with E-state index in [0.717, 1.165) is 13.1 Å². The summed E-state index contributed by atoms with van der Waals surface area (Å²) in [4.78, 5) is 24.1. The van der Waals surface area contributed by atoms with E-state index in [1.165, 1.54) is 25.3 Å². The zero-order valence-electron chi connectivity index (χ0n) is 12.5. The van der Waals surface area contributed by atoms with Crippen LogP contribution in [0.1, 0.15) is 24.2 Å². The van der Waals surface area contributed by atoms with E-state index in [0.29, 0.717) is 13.2 Å². The highest BCUT2D eigenvalue weighted by Gasteiger charge is 2.17. The monoisotopic (exact) mass is 296 g/mol. The molecule has 7 nitrogen and oxygen atoms in total. The van der Waals surface area contributed by atoms with E-state index in [2.05, 4.69) is 9.64 Å². The van der Waals surface area contributed by atoms with Gasteiger partial charge in [0.05, 0.1) is 18.1 Å². The summed E-state index contributed by atoms with van der Waals surface area (Å²) in [6.45, 7) is 6.87. The zero-order chi connectivity index (χ0) is 15.8. The Morgan fingerprint density at radius 1 is 1.33 bits per heavy atom. The minimum atomic E-state index is -0.581. The standard InChI is InChI=1S/C14H20N2O5/c1-4-15(5-2)8-9-21-13-10-11(16(18)19)6-7-12(13)14(17)20-3/h6-7,10H,4-5,8-9H2,1-3H3. The molecule has 1 aromatic carbocycles. The molecule has 0 amide bonds. The molecule has 0 heterocycles. The Balaban J connectivity index is 2.88. The number of hydrogen-bond acceptors (Lipinski definition) is 6. The number of nitrogens with zero attached hydrogens (tertiary/aromatic N) is 2. The molecule has 7 heteroatoms. The van der Waals surface area contributed by atoms with E-state index in [9.17, 15) is 14.9 Å². The third-order valence-corrected chi connectivity index (χ3v) is 3.14. The molecular weight excluding hydrogens is 276 g/mol. The molecule has 0 saturated heterocycles. The van der Waals surface area contributed by atoms with Crippen LogP contribution in [0, 0.1) is 10.1 Å². The molecule has 0 spiro atoms. The third kappa shape index (κ3) is 4.71. The van der Waals surface area contributed by atoms with Crippen LogP contribution in [0.25, 0.3) is 0 Å². The second kappa shape index (κ2) is 8.21. The molecule has 0 unspecified atom stereocenters. The van der Waals surface area contributed by atoms with Crippen LogP contribution < -0.4 is 4.74 Å². The Morgan fingerprint density at radius 3 is 2.52 bits per heavy atom. The predicted molar refractivity (Wildman–Crippen MR) is 77.7 cm³/mol. The second-order valence-corrected chi connectivity index (χ2v) is 4.30. The van der Waals surface area contributed by atoms with Crippen molar-refractivity contribution in [2.75, 3.05) is 33.4 Å². The number of non-ortho nitro benzene ring substituents is 1. The van der Waals surface area contributed by atoms with Gasteiger partial charge in [-0.3, -0.25) is 10.1 Å². The summed E-state index contributed by atoms with van der Waals surface area (Å²) in [5.74, 6) is -0.411. The first-order valence-corrected chi connectivity index (χ1v) is 6.75. The molecule has 0 radical (unpaired) electrons. The molecule has 21 heavy (non-hydrogen) atoms. The first kappa shape index (κ1) is 16.9. The molecule has 0 bridgehead atoms. The molecule has 0 N–H and O–H groups in total. The molecule has 0 aliphatic heterocycles. The quantitative estimate of drug-likeness (QED) is 0.415. The minimum absolute atomic E-state index is 0.125. The van der Waals surface area contributed by atoms with Crippen LogP contribution in [0.3, 0.4) is 0 Å². The highest BCUT2D eigenvalue weighted by molar-refractivity contribution is 5.92. The number of nitro groups is 1. The second-order valence-electron chi connectivity index (χ2n) is 4.30. The summed E-state index contributed by atoms with van der Waals surface area (Å²) >= 11 is 0. The number of benzene rings is 1. The number of hydrogen-bond donors (Lipinski definition) is 0. The predicted octanol–water partition coefficient (Wildman–Crippen LogP) is 2.10. The summed E-state index contributed by atoms with van der Waals surface area (Å²) in [5, 5.41) is 10.8. The number of carbonyl (C=O) groups excluding carboxylic acids is 1. The van der Waals surface area contributed by atoms with Gasteiger partial charge in [-0.05, 0) is 19.2 Å². The number of ether oxygens (including phenoxy) is 2. The van der Waals surface area contributed by atoms with E-state index in [4.69, 9.17) is 4.74 Å². The summed E-state index contributed by atoms with van der Waals surface area (Å²) in [6, 6.07) is 3.84. The Labute approximate surface area is 123 Å². The third-order valence-electron chi connectivity index (χ3n) is 3.14. The van der Waals surface area contributed by atoms with Gasteiger partial charge in [0.1, 0.15) is 17.9 Å². The van der Waals surface area contributed by atoms with Crippen molar-refractivity contribution < 1.29 is 19.2 Å².